The summed E-state index contributed by atoms with van der Waals surface area (Å²) in [6.45, 7) is 6.40. The van der Waals surface area contributed by atoms with Gasteiger partial charge >= 0.3 is 0 Å². The number of aryl methyl sites for hydroxylation is 1. The van der Waals surface area contributed by atoms with Crippen LogP contribution in [0, 0.1) is 12.8 Å². The van der Waals surface area contributed by atoms with Crippen molar-refractivity contribution in [3.05, 3.63) is 28.2 Å². The Morgan fingerprint density at radius 3 is 2.52 bits per heavy atom. The molecule has 0 saturated carbocycles. The predicted molar refractivity (Wildman–Crippen MR) is 85.8 cm³/mol. The molecular weight excluding hydrogens is 378 g/mol. The van der Waals surface area contributed by atoms with E-state index in [-0.39, 0.29) is 11.1 Å². The van der Waals surface area contributed by atoms with Crippen molar-refractivity contribution in [2.75, 3.05) is 0 Å². The van der Waals surface area contributed by atoms with Crippen molar-refractivity contribution in [3.8, 4) is 11.4 Å². The van der Waals surface area contributed by atoms with E-state index in [4.69, 9.17) is 10.7 Å². The molecule has 8 heteroatoms. The smallest absolute Gasteiger partial charge is 0.296 e. The van der Waals surface area contributed by atoms with Crippen LogP contribution >= 0.6 is 26.6 Å². The van der Waals surface area contributed by atoms with E-state index < -0.39 is 9.05 Å². The zero-order valence-corrected chi connectivity index (χ0v) is 15.0. The van der Waals surface area contributed by atoms with Gasteiger partial charge in [0.2, 0.25) is 0 Å². The number of aromatic nitrogens is 3. The number of halogens is 2. The van der Waals surface area contributed by atoms with Crippen molar-refractivity contribution in [1.29, 1.82) is 0 Å². The maximum atomic E-state index is 11.6. The van der Waals surface area contributed by atoms with E-state index in [1.54, 1.807) is 4.57 Å². The number of benzene rings is 1. The Labute approximate surface area is 136 Å². The minimum atomic E-state index is -3.93. The van der Waals surface area contributed by atoms with Crippen LogP contribution in [0.25, 0.3) is 11.4 Å². The van der Waals surface area contributed by atoms with Gasteiger partial charge in [-0.3, -0.25) is 4.57 Å². The van der Waals surface area contributed by atoms with Gasteiger partial charge in [-0.1, -0.05) is 35.8 Å². The third-order valence-electron chi connectivity index (χ3n) is 2.90. The number of rotatable bonds is 4. The molecule has 0 N–H and O–H groups in total. The van der Waals surface area contributed by atoms with Gasteiger partial charge in [0.25, 0.3) is 14.2 Å². The molecule has 114 valence electrons. The molecule has 0 aliphatic heterocycles. The molecule has 0 saturated heterocycles. The third kappa shape index (κ3) is 3.64. The van der Waals surface area contributed by atoms with Crippen molar-refractivity contribution >= 4 is 35.7 Å². The van der Waals surface area contributed by atoms with E-state index in [1.807, 2.05) is 39.0 Å². The van der Waals surface area contributed by atoms with Gasteiger partial charge in [-0.2, -0.15) is 0 Å². The summed E-state index contributed by atoms with van der Waals surface area (Å²) in [5.41, 5.74) is 1.83. The summed E-state index contributed by atoms with van der Waals surface area (Å²) in [6, 6.07) is 5.69. The number of hydrogen-bond acceptors (Lipinski definition) is 4. The average Bonchev–Trinajstić information content (AvgIpc) is 2.75. The SMILES string of the molecule is Cc1cc(-c2nnc(S(=O)(=O)Cl)n2CC(C)C)ccc1Br. The molecule has 0 bridgehead atoms. The molecule has 5 nitrogen and oxygen atoms in total. The predicted octanol–water partition coefficient (Wildman–Crippen LogP) is 3.60. The molecule has 2 aromatic rings. The van der Waals surface area contributed by atoms with Gasteiger partial charge < -0.3 is 0 Å². The highest BCUT2D eigenvalue weighted by atomic mass is 79.9. The Morgan fingerprint density at radius 1 is 1.33 bits per heavy atom. The van der Waals surface area contributed by atoms with Gasteiger partial charge in [-0.05, 0) is 30.5 Å². The van der Waals surface area contributed by atoms with Crippen LogP contribution in [0.2, 0.25) is 0 Å². The fourth-order valence-electron chi connectivity index (χ4n) is 2.00. The van der Waals surface area contributed by atoms with Crippen LogP contribution in [0.3, 0.4) is 0 Å². The molecule has 0 amide bonds. The minimum absolute atomic E-state index is 0.214. The molecular formula is C13H15BrClN3O2S. The van der Waals surface area contributed by atoms with E-state index in [0.29, 0.717) is 12.4 Å². The molecule has 1 aromatic carbocycles. The van der Waals surface area contributed by atoms with Crippen molar-refractivity contribution in [3.63, 3.8) is 0 Å². The van der Waals surface area contributed by atoms with E-state index in [2.05, 4.69) is 26.1 Å². The van der Waals surface area contributed by atoms with Gasteiger partial charge in [0.15, 0.2) is 5.82 Å². The first-order valence-corrected chi connectivity index (χ1v) is 9.44. The highest BCUT2D eigenvalue weighted by molar-refractivity contribution is 9.10. The van der Waals surface area contributed by atoms with E-state index in [1.165, 1.54) is 0 Å². The topological polar surface area (TPSA) is 64.8 Å². The zero-order chi connectivity index (χ0) is 15.8. The molecule has 0 spiro atoms. The first-order chi connectivity index (χ1) is 9.70. The van der Waals surface area contributed by atoms with E-state index in [9.17, 15) is 8.42 Å². The summed E-state index contributed by atoms with van der Waals surface area (Å²) in [4.78, 5) is 0. The Bertz CT molecular complexity index is 772. The highest BCUT2D eigenvalue weighted by Gasteiger charge is 2.24. The van der Waals surface area contributed by atoms with Crippen LogP contribution in [0.15, 0.2) is 27.8 Å². The van der Waals surface area contributed by atoms with Crippen molar-refractivity contribution in [2.45, 2.75) is 32.5 Å². The normalized spacial score (nSPS) is 12.1. The summed E-state index contributed by atoms with van der Waals surface area (Å²) < 4.78 is 25.8. The zero-order valence-electron chi connectivity index (χ0n) is 11.8. The lowest BCUT2D eigenvalue weighted by molar-refractivity contribution is 0.488. The van der Waals surface area contributed by atoms with Crippen molar-refractivity contribution in [1.82, 2.24) is 14.8 Å². The molecule has 0 unspecified atom stereocenters. The summed E-state index contributed by atoms with van der Waals surface area (Å²) >= 11 is 3.44. The van der Waals surface area contributed by atoms with Gasteiger partial charge in [0.1, 0.15) is 0 Å². The molecule has 1 aromatic heterocycles. The minimum Gasteiger partial charge on any atom is -0.297 e. The molecule has 0 atom stereocenters. The van der Waals surface area contributed by atoms with Gasteiger partial charge in [-0.15, -0.1) is 10.2 Å². The standard InChI is InChI=1S/C13H15BrClN3O2S/c1-8(2)7-18-12(16-17-13(18)21(15,19)20)10-4-5-11(14)9(3)6-10/h4-6,8H,7H2,1-3H3. The lowest BCUT2D eigenvalue weighted by atomic mass is 10.1. The summed E-state index contributed by atoms with van der Waals surface area (Å²) in [5.74, 6) is 0.729. The van der Waals surface area contributed by atoms with Gasteiger partial charge in [0.05, 0.1) is 0 Å². The van der Waals surface area contributed by atoms with Gasteiger partial charge in [0, 0.05) is 27.3 Å². The molecule has 1 heterocycles. The quantitative estimate of drug-likeness (QED) is 0.746. The lowest BCUT2D eigenvalue weighted by Crippen LogP contribution is -2.11. The second-order valence-electron chi connectivity index (χ2n) is 5.21. The van der Waals surface area contributed by atoms with Crippen LogP contribution in [0.4, 0.5) is 0 Å². The Balaban J connectivity index is 2.63. The summed E-state index contributed by atoms with van der Waals surface area (Å²) in [5, 5.41) is 7.55. The lowest BCUT2D eigenvalue weighted by Gasteiger charge is -2.12. The van der Waals surface area contributed by atoms with E-state index >= 15 is 0 Å². The summed E-state index contributed by atoms with van der Waals surface area (Å²) in [7, 11) is 1.51. The second kappa shape index (κ2) is 6.06. The molecule has 0 aliphatic carbocycles. The van der Waals surface area contributed by atoms with Crippen LogP contribution in [-0.2, 0) is 15.6 Å². The Kier molecular flexibility index (Phi) is 4.75. The molecule has 0 aliphatic rings. The second-order valence-corrected chi connectivity index (χ2v) is 8.53. The molecule has 2 rings (SSSR count). The fraction of sp³-hybridized carbons (Fsp3) is 0.385. The van der Waals surface area contributed by atoms with Crippen molar-refractivity contribution in [2.24, 2.45) is 5.92 Å². The molecule has 0 radical (unpaired) electrons. The van der Waals surface area contributed by atoms with Crippen LogP contribution in [0.5, 0.6) is 0 Å². The van der Waals surface area contributed by atoms with Gasteiger partial charge in [-0.25, -0.2) is 8.42 Å². The maximum absolute atomic E-state index is 11.6. The van der Waals surface area contributed by atoms with Crippen LogP contribution < -0.4 is 0 Å². The highest BCUT2D eigenvalue weighted by Crippen LogP contribution is 2.27. The number of nitrogens with zero attached hydrogens (tertiary/aromatic N) is 3. The Morgan fingerprint density at radius 2 is 2.00 bits per heavy atom. The van der Waals surface area contributed by atoms with E-state index in [0.717, 1.165) is 15.6 Å². The molecule has 0 fully saturated rings. The number of hydrogen-bond donors (Lipinski definition) is 0. The largest absolute Gasteiger partial charge is 0.297 e. The first kappa shape index (κ1) is 16.5. The monoisotopic (exact) mass is 391 g/mol. The fourth-order valence-corrected chi connectivity index (χ4v) is 3.15. The Hall–Kier alpha value is -0.920. The summed E-state index contributed by atoms with van der Waals surface area (Å²) in [6.07, 6.45) is 0. The average molecular weight is 393 g/mol. The maximum Gasteiger partial charge on any atom is 0.296 e. The first-order valence-electron chi connectivity index (χ1n) is 6.34. The van der Waals surface area contributed by atoms with Crippen LogP contribution in [-0.4, -0.2) is 23.2 Å². The molecule has 21 heavy (non-hydrogen) atoms. The third-order valence-corrected chi connectivity index (χ3v) is 4.94. The van der Waals surface area contributed by atoms with Crippen molar-refractivity contribution < 1.29 is 8.42 Å². The van der Waals surface area contributed by atoms with Crippen LogP contribution in [0.1, 0.15) is 19.4 Å².